The summed E-state index contributed by atoms with van der Waals surface area (Å²) >= 11 is 0. The van der Waals surface area contributed by atoms with Crippen molar-refractivity contribution in [2.24, 2.45) is 0 Å². The molecule has 0 saturated heterocycles. The van der Waals surface area contributed by atoms with E-state index in [1.165, 1.54) is 30.5 Å². The number of nitrogens with one attached hydrogen (secondary N) is 1. The Bertz CT molecular complexity index is 306. The van der Waals surface area contributed by atoms with E-state index in [-0.39, 0.29) is 0 Å². The Morgan fingerprint density at radius 2 is 2.00 bits per heavy atom. The van der Waals surface area contributed by atoms with Crippen molar-refractivity contribution >= 4 is 5.69 Å². The van der Waals surface area contributed by atoms with Crippen molar-refractivity contribution in [3.8, 4) is 0 Å². The van der Waals surface area contributed by atoms with Gasteiger partial charge in [0.05, 0.1) is 0 Å². The molecule has 1 aromatic rings. The van der Waals surface area contributed by atoms with Crippen LogP contribution in [-0.4, -0.2) is 6.04 Å². The smallest absolute Gasteiger partial charge is 0.0378 e. The van der Waals surface area contributed by atoms with Crippen LogP contribution in [0.5, 0.6) is 0 Å². The van der Waals surface area contributed by atoms with Crippen molar-refractivity contribution < 1.29 is 0 Å². The Labute approximate surface area is 86.5 Å². The molecule has 2 atom stereocenters. The molecule has 0 aliphatic carbocycles. The molecular weight excluding hydrogens is 170 g/mol. The quantitative estimate of drug-likeness (QED) is 0.763. The molecule has 1 heterocycles. The molecule has 0 fully saturated rings. The molecule has 14 heavy (non-hydrogen) atoms. The van der Waals surface area contributed by atoms with E-state index in [1.54, 1.807) is 0 Å². The first kappa shape index (κ1) is 9.57. The van der Waals surface area contributed by atoms with Crippen LogP contribution in [0, 0.1) is 0 Å². The summed E-state index contributed by atoms with van der Waals surface area (Å²) in [5, 5.41) is 3.64. The molecule has 1 heteroatoms. The summed E-state index contributed by atoms with van der Waals surface area (Å²) in [4.78, 5) is 0. The van der Waals surface area contributed by atoms with Gasteiger partial charge < -0.3 is 5.32 Å². The minimum absolute atomic E-state index is 0.669. The minimum atomic E-state index is 0.669. The summed E-state index contributed by atoms with van der Waals surface area (Å²) < 4.78 is 0. The molecule has 0 spiro atoms. The summed E-state index contributed by atoms with van der Waals surface area (Å²) in [6.07, 6.45) is 3.80. The van der Waals surface area contributed by atoms with Gasteiger partial charge in [-0.3, -0.25) is 0 Å². The topological polar surface area (TPSA) is 12.0 Å². The average Bonchev–Trinajstić information content (AvgIpc) is 2.55. The Balaban J connectivity index is 2.24. The normalized spacial score (nSPS) is 24.4. The highest BCUT2D eigenvalue weighted by atomic mass is 15.0. The fourth-order valence-corrected chi connectivity index (χ4v) is 2.56. The van der Waals surface area contributed by atoms with Crippen molar-refractivity contribution in [1.82, 2.24) is 0 Å². The van der Waals surface area contributed by atoms with Crippen molar-refractivity contribution in [2.45, 2.75) is 45.1 Å². The fourth-order valence-electron chi connectivity index (χ4n) is 2.56. The Hall–Kier alpha value is -0.980. The first-order valence-corrected chi connectivity index (χ1v) is 5.72. The van der Waals surface area contributed by atoms with E-state index >= 15 is 0 Å². The number of anilines is 1. The number of fused-ring (bicyclic) bond motifs is 1. The second-order valence-corrected chi connectivity index (χ2v) is 4.14. The maximum absolute atomic E-state index is 3.64. The SMILES string of the molecule is CCCC1Nc2ccccc2C1CC. The molecule has 1 aliphatic heterocycles. The van der Waals surface area contributed by atoms with Gasteiger partial charge in [-0.2, -0.15) is 0 Å². The van der Waals surface area contributed by atoms with Crippen LogP contribution in [0.15, 0.2) is 24.3 Å². The Morgan fingerprint density at radius 1 is 1.21 bits per heavy atom. The molecule has 1 N–H and O–H groups in total. The highest BCUT2D eigenvalue weighted by Gasteiger charge is 2.29. The highest BCUT2D eigenvalue weighted by Crippen LogP contribution is 2.39. The first-order valence-electron chi connectivity index (χ1n) is 5.72. The largest absolute Gasteiger partial charge is 0.381 e. The molecule has 0 radical (unpaired) electrons. The van der Waals surface area contributed by atoms with E-state index in [1.807, 2.05) is 0 Å². The average molecular weight is 189 g/mol. The summed E-state index contributed by atoms with van der Waals surface area (Å²) in [5.74, 6) is 0.728. The highest BCUT2D eigenvalue weighted by molar-refractivity contribution is 5.59. The number of benzene rings is 1. The Kier molecular flexibility index (Phi) is 2.76. The molecule has 2 unspecified atom stereocenters. The van der Waals surface area contributed by atoms with Crippen LogP contribution in [-0.2, 0) is 0 Å². The lowest BCUT2D eigenvalue weighted by atomic mass is 9.90. The van der Waals surface area contributed by atoms with Gasteiger partial charge in [0.15, 0.2) is 0 Å². The number of rotatable bonds is 3. The zero-order valence-electron chi connectivity index (χ0n) is 9.09. The van der Waals surface area contributed by atoms with Gasteiger partial charge in [-0.05, 0) is 24.5 Å². The third-order valence-electron chi connectivity index (χ3n) is 3.23. The van der Waals surface area contributed by atoms with E-state index < -0.39 is 0 Å². The van der Waals surface area contributed by atoms with E-state index in [2.05, 4.69) is 43.4 Å². The number of hydrogen-bond donors (Lipinski definition) is 1. The lowest BCUT2D eigenvalue weighted by molar-refractivity contribution is 0.536. The number of para-hydroxylation sites is 1. The van der Waals surface area contributed by atoms with Crippen LogP contribution in [0.1, 0.15) is 44.6 Å². The minimum Gasteiger partial charge on any atom is -0.381 e. The number of hydrogen-bond acceptors (Lipinski definition) is 1. The van der Waals surface area contributed by atoms with Crippen LogP contribution >= 0.6 is 0 Å². The molecule has 0 saturated carbocycles. The summed E-state index contributed by atoms with van der Waals surface area (Å²) in [5.41, 5.74) is 2.88. The molecule has 76 valence electrons. The molecule has 1 aliphatic rings. The maximum atomic E-state index is 3.64. The third-order valence-corrected chi connectivity index (χ3v) is 3.23. The van der Waals surface area contributed by atoms with Crippen LogP contribution in [0.2, 0.25) is 0 Å². The molecule has 0 aromatic heterocycles. The van der Waals surface area contributed by atoms with E-state index in [4.69, 9.17) is 0 Å². The van der Waals surface area contributed by atoms with Crippen molar-refractivity contribution in [1.29, 1.82) is 0 Å². The predicted molar refractivity (Wildman–Crippen MR) is 61.8 cm³/mol. The molecule has 0 bridgehead atoms. The molecule has 1 nitrogen and oxygen atoms in total. The van der Waals surface area contributed by atoms with Crippen LogP contribution in [0.25, 0.3) is 0 Å². The van der Waals surface area contributed by atoms with Crippen molar-refractivity contribution in [2.75, 3.05) is 5.32 Å². The van der Waals surface area contributed by atoms with E-state index in [0.29, 0.717) is 6.04 Å². The van der Waals surface area contributed by atoms with E-state index in [9.17, 15) is 0 Å². The summed E-state index contributed by atoms with van der Waals surface area (Å²) in [6.45, 7) is 4.55. The summed E-state index contributed by atoms with van der Waals surface area (Å²) in [7, 11) is 0. The third kappa shape index (κ3) is 1.52. The second kappa shape index (κ2) is 4.04. The molecular formula is C13H19N. The van der Waals surface area contributed by atoms with Gasteiger partial charge in [0.25, 0.3) is 0 Å². The van der Waals surface area contributed by atoms with Gasteiger partial charge in [0.1, 0.15) is 0 Å². The first-order chi connectivity index (χ1) is 6.86. The van der Waals surface area contributed by atoms with Gasteiger partial charge >= 0.3 is 0 Å². The summed E-state index contributed by atoms with van der Waals surface area (Å²) in [6, 6.07) is 9.41. The van der Waals surface area contributed by atoms with Gasteiger partial charge in [-0.15, -0.1) is 0 Å². The van der Waals surface area contributed by atoms with Crippen molar-refractivity contribution in [3.63, 3.8) is 0 Å². The Morgan fingerprint density at radius 3 is 2.71 bits per heavy atom. The zero-order chi connectivity index (χ0) is 9.97. The van der Waals surface area contributed by atoms with Gasteiger partial charge in [-0.1, -0.05) is 38.5 Å². The molecule has 0 amide bonds. The second-order valence-electron chi connectivity index (χ2n) is 4.14. The maximum Gasteiger partial charge on any atom is 0.0378 e. The van der Waals surface area contributed by atoms with Crippen LogP contribution in [0.4, 0.5) is 5.69 Å². The lowest BCUT2D eigenvalue weighted by Gasteiger charge is -2.17. The lowest BCUT2D eigenvalue weighted by Crippen LogP contribution is -2.19. The van der Waals surface area contributed by atoms with E-state index in [0.717, 1.165) is 5.92 Å². The molecule has 1 aromatic carbocycles. The van der Waals surface area contributed by atoms with Gasteiger partial charge in [0, 0.05) is 17.6 Å². The monoisotopic (exact) mass is 189 g/mol. The zero-order valence-corrected chi connectivity index (χ0v) is 9.09. The van der Waals surface area contributed by atoms with Crippen LogP contribution in [0.3, 0.4) is 0 Å². The predicted octanol–water partition coefficient (Wildman–Crippen LogP) is 3.77. The molecule has 2 rings (SSSR count). The standard InChI is InChI=1S/C13H19N/c1-3-7-12-10(4-2)11-8-5-6-9-13(11)14-12/h5-6,8-10,12,14H,3-4,7H2,1-2H3. The fraction of sp³-hybridized carbons (Fsp3) is 0.538. The van der Waals surface area contributed by atoms with Gasteiger partial charge in [0.2, 0.25) is 0 Å². The van der Waals surface area contributed by atoms with Crippen LogP contribution < -0.4 is 5.32 Å². The van der Waals surface area contributed by atoms with Gasteiger partial charge in [-0.25, -0.2) is 0 Å². The van der Waals surface area contributed by atoms with Crippen molar-refractivity contribution in [3.05, 3.63) is 29.8 Å².